The minimum atomic E-state index is 0.827. The molecule has 0 fully saturated rings. The molecular formula is C31H28Br2NO+. The fraction of sp³-hybridized carbons (Fsp3) is 0.194. The molecule has 176 valence electrons. The van der Waals surface area contributed by atoms with E-state index in [4.69, 9.17) is 4.74 Å². The van der Waals surface area contributed by atoms with Gasteiger partial charge in [0.1, 0.15) is 24.6 Å². The van der Waals surface area contributed by atoms with Crippen molar-refractivity contribution in [3.63, 3.8) is 0 Å². The van der Waals surface area contributed by atoms with E-state index >= 15 is 0 Å². The molecule has 0 radical (unpaired) electrons. The van der Waals surface area contributed by atoms with E-state index < -0.39 is 0 Å². The van der Waals surface area contributed by atoms with Crippen molar-refractivity contribution in [3.8, 4) is 0 Å². The maximum atomic E-state index is 6.35. The summed E-state index contributed by atoms with van der Waals surface area (Å²) in [7, 11) is 0. The normalized spacial score (nSPS) is 17.1. The van der Waals surface area contributed by atoms with Crippen molar-refractivity contribution in [3.05, 3.63) is 127 Å². The summed E-state index contributed by atoms with van der Waals surface area (Å²) in [6.45, 7) is 4.54. The van der Waals surface area contributed by atoms with Crippen LogP contribution in [0.5, 0.6) is 0 Å². The highest BCUT2D eigenvalue weighted by Crippen LogP contribution is 2.32. The van der Waals surface area contributed by atoms with Crippen LogP contribution in [0.25, 0.3) is 17.4 Å². The van der Waals surface area contributed by atoms with E-state index in [9.17, 15) is 0 Å². The van der Waals surface area contributed by atoms with Crippen molar-refractivity contribution in [1.82, 2.24) is 4.58 Å². The molecule has 2 aliphatic heterocycles. The van der Waals surface area contributed by atoms with Gasteiger partial charge in [0.15, 0.2) is 0 Å². The zero-order valence-electron chi connectivity index (χ0n) is 19.8. The van der Waals surface area contributed by atoms with Crippen LogP contribution in [0.4, 0.5) is 0 Å². The summed E-state index contributed by atoms with van der Waals surface area (Å²) in [5.74, 6) is 1.67. The van der Waals surface area contributed by atoms with Gasteiger partial charge in [-0.1, -0.05) is 69.1 Å². The van der Waals surface area contributed by atoms with E-state index in [0.717, 1.165) is 56.7 Å². The molecule has 0 aliphatic carbocycles. The van der Waals surface area contributed by atoms with E-state index in [1.165, 1.54) is 29.0 Å². The van der Waals surface area contributed by atoms with Crippen molar-refractivity contribution in [1.29, 1.82) is 0 Å². The van der Waals surface area contributed by atoms with E-state index in [0.29, 0.717) is 0 Å². The fourth-order valence-corrected chi connectivity index (χ4v) is 5.18. The highest BCUT2D eigenvalue weighted by atomic mass is 79.9. The Hall–Kier alpha value is -2.69. The molecule has 2 nitrogen and oxygen atoms in total. The molecule has 0 aromatic heterocycles. The lowest BCUT2D eigenvalue weighted by Crippen LogP contribution is -2.38. The minimum absolute atomic E-state index is 0.827. The molecule has 4 heteroatoms. The zero-order chi connectivity index (χ0) is 24.2. The van der Waals surface area contributed by atoms with Gasteiger partial charge in [-0.2, -0.15) is 0 Å². The van der Waals surface area contributed by atoms with Crippen LogP contribution in [0.3, 0.4) is 0 Å². The number of aryl methyl sites for hydroxylation is 1. The maximum absolute atomic E-state index is 6.35. The molecule has 0 unspecified atom stereocenters. The van der Waals surface area contributed by atoms with Crippen LogP contribution >= 0.6 is 31.9 Å². The standard InChI is InChI=1S/C31H28Br2NO/c1-2-17-34-18-3-4-25-19-22(6-16-30(25)34)5-15-29-20-26(23-7-11-27(32)12-8-23)21-31(35-29)24-9-13-28(33)14-10-24/h5-16,19-21H,2-4,17-18H2,1H3/q+1. The van der Waals surface area contributed by atoms with Gasteiger partial charge in [-0.3, -0.25) is 0 Å². The summed E-state index contributed by atoms with van der Waals surface area (Å²) in [5, 5.41) is 2.60. The zero-order valence-corrected chi connectivity index (χ0v) is 23.0. The Morgan fingerprint density at radius 1 is 0.857 bits per heavy atom. The number of ether oxygens (including phenoxy) is 1. The summed E-state index contributed by atoms with van der Waals surface area (Å²) >= 11 is 7.07. The summed E-state index contributed by atoms with van der Waals surface area (Å²) in [4.78, 5) is 0. The van der Waals surface area contributed by atoms with Gasteiger partial charge in [-0.05, 0) is 77.4 Å². The average molecular weight is 590 g/mol. The number of allylic oxidation sites excluding steroid dienone is 4. The van der Waals surface area contributed by atoms with E-state index in [1.807, 2.05) is 12.1 Å². The van der Waals surface area contributed by atoms with E-state index in [2.05, 4.69) is 122 Å². The SMILES string of the molecule is CCC[N+]1=c2ccc(=CC=C3C=C(c4ccc(Br)cc4)C=C(c4ccc(Br)cc4)O3)cc2CCC1. The third kappa shape index (κ3) is 5.76. The Bertz CT molecular complexity index is 1450. The van der Waals surface area contributed by atoms with Gasteiger partial charge in [0, 0.05) is 39.0 Å². The Morgan fingerprint density at radius 3 is 2.29 bits per heavy atom. The van der Waals surface area contributed by atoms with Crippen molar-refractivity contribution < 1.29 is 4.74 Å². The molecule has 0 atom stereocenters. The van der Waals surface area contributed by atoms with Crippen molar-refractivity contribution in [2.24, 2.45) is 0 Å². The van der Waals surface area contributed by atoms with Gasteiger partial charge in [-0.15, -0.1) is 0 Å². The molecule has 0 N–H and O–H groups in total. The predicted molar refractivity (Wildman–Crippen MR) is 153 cm³/mol. The molecular weight excluding hydrogens is 562 g/mol. The Kier molecular flexibility index (Phi) is 7.50. The van der Waals surface area contributed by atoms with Crippen LogP contribution < -0.4 is 15.2 Å². The molecule has 0 saturated carbocycles. The summed E-state index contributed by atoms with van der Waals surface area (Å²) < 4.78 is 11.0. The second-order valence-corrected chi connectivity index (χ2v) is 10.8. The Morgan fingerprint density at radius 2 is 1.57 bits per heavy atom. The fourth-order valence-electron chi connectivity index (χ4n) is 4.65. The van der Waals surface area contributed by atoms with Gasteiger partial charge in [0.25, 0.3) is 0 Å². The quantitative estimate of drug-likeness (QED) is 0.296. The largest absolute Gasteiger partial charge is 0.457 e. The smallest absolute Gasteiger partial charge is 0.203 e. The van der Waals surface area contributed by atoms with Gasteiger partial charge in [-0.25, -0.2) is 4.58 Å². The number of benzene rings is 3. The molecule has 0 spiro atoms. The second kappa shape index (κ2) is 10.9. The van der Waals surface area contributed by atoms with Gasteiger partial charge in [0.2, 0.25) is 5.36 Å². The first-order valence-electron chi connectivity index (χ1n) is 12.1. The van der Waals surface area contributed by atoms with Crippen LogP contribution in [0.15, 0.2) is 99.7 Å². The number of rotatable bonds is 5. The number of halogens is 2. The molecule has 3 aromatic carbocycles. The minimum Gasteiger partial charge on any atom is -0.457 e. The maximum Gasteiger partial charge on any atom is 0.203 e. The van der Waals surface area contributed by atoms with Crippen molar-refractivity contribution in [2.45, 2.75) is 26.2 Å². The van der Waals surface area contributed by atoms with Crippen LogP contribution in [0.2, 0.25) is 0 Å². The monoisotopic (exact) mass is 588 g/mol. The number of nitrogens with zero attached hydrogens (tertiary/aromatic N) is 1. The third-order valence-corrected chi connectivity index (χ3v) is 7.43. The Labute approximate surface area is 223 Å². The third-order valence-electron chi connectivity index (χ3n) is 6.37. The number of hydrogen-bond donors (Lipinski definition) is 0. The first kappa shape index (κ1) is 24.0. The lowest BCUT2D eigenvalue weighted by atomic mass is 10.0. The number of hydrogen-bond acceptors (Lipinski definition) is 1. The van der Waals surface area contributed by atoms with Gasteiger partial charge < -0.3 is 4.74 Å². The van der Waals surface area contributed by atoms with Gasteiger partial charge >= 0.3 is 0 Å². The molecule has 2 heterocycles. The van der Waals surface area contributed by atoms with E-state index in [-0.39, 0.29) is 0 Å². The molecule has 35 heavy (non-hydrogen) atoms. The lowest BCUT2D eigenvalue weighted by molar-refractivity contribution is 0.399. The number of fused-ring (bicyclic) bond motifs is 1. The first-order valence-corrected chi connectivity index (χ1v) is 13.7. The highest BCUT2D eigenvalue weighted by molar-refractivity contribution is 9.10. The molecule has 3 aromatic rings. The molecule has 0 bridgehead atoms. The molecule has 5 rings (SSSR count). The average Bonchev–Trinajstić information content (AvgIpc) is 2.88. The van der Waals surface area contributed by atoms with Crippen LogP contribution in [-0.2, 0) is 11.2 Å². The van der Waals surface area contributed by atoms with Crippen LogP contribution in [0.1, 0.15) is 36.5 Å². The predicted octanol–water partition coefficient (Wildman–Crippen LogP) is 6.88. The van der Waals surface area contributed by atoms with Crippen LogP contribution in [0, 0.1) is 0 Å². The van der Waals surface area contributed by atoms with Crippen molar-refractivity contribution in [2.75, 3.05) is 13.1 Å². The second-order valence-electron chi connectivity index (χ2n) is 8.94. The Balaban J connectivity index is 1.53. The van der Waals surface area contributed by atoms with E-state index in [1.54, 1.807) is 0 Å². The van der Waals surface area contributed by atoms with Crippen LogP contribution in [-0.4, -0.2) is 13.1 Å². The van der Waals surface area contributed by atoms with Gasteiger partial charge in [0.05, 0.1) is 0 Å². The highest BCUT2D eigenvalue weighted by Gasteiger charge is 2.16. The molecule has 2 aliphatic rings. The lowest BCUT2D eigenvalue weighted by Gasteiger charge is -2.18. The topological polar surface area (TPSA) is 12.2 Å². The molecule has 0 saturated heterocycles. The summed E-state index contributed by atoms with van der Waals surface area (Å²) in [6.07, 6.45) is 12.0. The van der Waals surface area contributed by atoms with Crippen molar-refractivity contribution >= 4 is 49.3 Å². The first-order chi connectivity index (χ1) is 17.1. The summed E-state index contributed by atoms with van der Waals surface area (Å²) in [6, 6.07) is 23.5. The molecule has 0 amide bonds. The summed E-state index contributed by atoms with van der Waals surface area (Å²) in [5.41, 5.74) is 4.78.